The number of fused-ring (bicyclic) bond motifs is 2. The first kappa shape index (κ1) is 10.6. The zero-order valence-electron chi connectivity index (χ0n) is 9.00. The number of rotatable bonds is 5. The summed E-state index contributed by atoms with van der Waals surface area (Å²) in [5, 5.41) is 3.59. The zero-order valence-corrected chi connectivity index (χ0v) is 9.81. The molecule has 2 bridgehead atoms. The van der Waals surface area contributed by atoms with E-state index < -0.39 is 10.8 Å². The fourth-order valence-electron chi connectivity index (χ4n) is 3.00. The van der Waals surface area contributed by atoms with Gasteiger partial charge in [-0.1, -0.05) is 13.3 Å². The van der Waals surface area contributed by atoms with E-state index in [4.69, 9.17) is 0 Å². The van der Waals surface area contributed by atoms with Gasteiger partial charge in [0.25, 0.3) is 0 Å². The quantitative estimate of drug-likeness (QED) is 0.753. The van der Waals surface area contributed by atoms with Crippen molar-refractivity contribution in [3.8, 4) is 0 Å². The monoisotopic (exact) mass is 215 g/mol. The number of nitrogens with one attached hydrogen (secondary N) is 1. The van der Waals surface area contributed by atoms with Gasteiger partial charge in [-0.15, -0.1) is 0 Å². The fraction of sp³-hybridized carbons (Fsp3) is 1.00. The first-order chi connectivity index (χ1) is 6.79. The lowest BCUT2D eigenvalue weighted by Crippen LogP contribution is -2.36. The molecule has 2 aliphatic carbocycles. The molecule has 0 aromatic carbocycles. The molecule has 0 aromatic rings. The molecule has 2 aliphatic rings. The molecule has 0 amide bonds. The van der Waals surface area contributed by atoms with Crippen LogP contribution in [-0.2, 0) is 10.8 Å². The Morgan fingerprint density at radius 3 is 2.79 bits per heavy atom. The van der Waals surface area contributed by atoms with Gasteiger partial charge in [0.05, 0.1) is 0 Å². The summed E-state index contributed by atoms with van der Waals surface area (Å²) in [6.45, 7) is 2.95. The van der Waals surface area contributed by atoms with Gasteiger partial charge in [0.1, 0.15) is 0 Å². The van der Waals surface area contributed by atoms with E-state index in [0.717, 1.165) is 35.9 Å². The lowest BCUT2D eigenvalue weighted by Gasteiger charge is -2.22. The third kappa shape index (κ3) is 2.37. The normalized spacial score (nSPS) is 37.6. The summed E-state index contributed by atoms with van der Waals surface area (Å²) in [6, 6.07) is 0.752. The summed E-state index contributed by atoms with van der Waals surface area (Å²) in [7, 11) is -0.591. The average Bonchev–Trinajstić information content (AvgIpc) is 2.79. The summed E-state index contributed by atoms with van der Waals surface area (Å²) in [5.41, 5.74) is 0. The largest absolute Gasteiger partial charge is 0.313 e. The van der Waals surface area contributed by atoms with E-state index in [1.54, 1.807) is 0 Å². The van der Waals surface area contributed by atoms with Crippen LogP contribution in [0.2, 0.25) is 0 Å². The lowest BCUT2D eigenvalue weighted by molar-refractivity contribution is 0.359. The van der Waals surface area contributed by atoms with Gasteiger partial charge in [-0.25, -0.2) is 0 Å². The fourth-order valence-corrected chi connectivity index (χ4v) is 3.63. The van der Waals surface area contributed by atoms with Gasteiger partial charge < -0.3 is 5.32 Å². The Morgan fingerprint density at radius 2 is 2.21 bits per heavy atom. The van der Waals surface area contributed by atoms with Crippen LogP contribution in [-0.4, -0.2) is 28.3 Å². The molecule has 3 heteroatoms. The molecule has 0 heterocycles. The van der Waals surface area contributed by atoms with E-state index in [0.29, 0.717) is 0 Å². The topological polar surface area (TPSA) is 29.1 Å². The Bertz CT molecular complexity index is 219. The van der Waals surface area contributed by atoms with Crippen LogP contribution in [0, 0.1) is 11.8 Å². The second-order valence-electron chi connectivity index (χ2n) is 4.67. The third-order valence-electron chi connectivity index (χ3n) is 3.80. The molecule has 82 valence electrons. The maximum absolute atomic E-state index is 11.2. The van der Waals surface area contributed by atoms with Crippen molar-refractivity contribution in [2.45, 2.75) is 38.6 Å². The SMILES string of the molecule is CCS(=O)CCNC1CC2CCC1C2. The van der Waals surface area contributed by atoms with Crippen LogP contribution in [0.5, 0.6) is 0 Å². The van der Waals surface area contributed by atoms with Gasteiger partial charge in [0, 0.05) is 34.9 Å². The Kier molecular flexibility index (Phi) is 3.61. The van der Waals surface area contributed by atoms with Crippen molar-refractivity contribution in [1.82, 2.24) is 5.32 Å². The van der Waals surface area contributed by atoms with Crippen LogP contribution < -0.4 is 5.32 Å². The van der Waals surface area contributed by atoms with E-state index in [9.17, 15) is 4.21 Å². The van der Waals surface area contributed by atoms with Crippen LogP contribution in [0.25, 0.3) is 0 Å². The molecule has 2 fully saturated rings. The molecule has 2 saturated carbocycles. The maximum Gasteiger partial charge on any atom is 0.0360 e. The molecule has 14 heavy (non-hydrogen) atoms. The van der Waals surface area contributed by atoms with Crippen molar-refractivity contribution in [2.24, 2.45) is 11.8 Å². The Labute approximate surface area is 89.3 Å². The Hall–Kier alpha value is 0.110. The molecule has 2 nitrogen and oxygen atoms in total. The minimum absolute atomic E-state index is 0.591. The van der Waals surface area contributed by atoms with Crippen LogP contribution >= 0.6 is 0 Å². The minimum atomic E-state index is -0.591. The minimum Gasteiger partial charge on any atom is -0.313 e. The second-order valence-corrected chi connectivity index (χ2v) is 6.53. The van der Waals surface area contributed by atoms with Crippen LogP contribution in [0.3, 0.4) is 0 Å². The van der Waals surface area contributed by atoms with Crippen molar-refractivity contribution in [1.29, 1.82) is 0 Å². The van der Waals surface area contributed by atoms with Gasteiger partial charge in [-0.2, -0.15) is 0 Å². The smallest absolute Gasteiger partial charge is 0.0360 e. The molecule has 0 radical (unpaired) electrons. The Morgan fingerprint density at radius 1 is 1.36 bits per heavy atom. The summed E-state index contributed by atoms with van der Waals surface area (Å²) >= 11 is 0. The van der Waals surface area contributed by atoms with Gasteiger partial charge in [-0.05, 0) is 31.1 Å². The van der Waals surface area contributed by atoms with Crippen LogP contribution in [0.15, 0.2) is 0 Å². The molecular formula is C11H21NOS. The van der Waals surface area contributed by atoms with Crippen molar-refractivity contribution in [3.05, 3.63) is 0 Å². The van der Waals surface area contributed by atoms with E-state index in [1.165, 1.54) is 25.7 Å². The third-order valence-corrected chi connectivity index (χ3v) is 5.10. The van der Waals surface area contributed by atoms with Crippen molar-refractivity contribution in [2.75, 3.05) is 18.1 Å². The highest BCUT2D eigenvalue weighted by molar-refractivity contribution is 7.84. The standard InChI is InChI=1S/C11H21NOS/c1-2-14(13)6-5-12-11-8-9-3-4-10(11)7-9/h9-12H,2-8H2,1H3. The van der Waals surface area contributed by atoms with Crippen molar-refractivity contribution >= 4 is 10.8 Å². The van der Waals surface area contributed by atoms with Crippen molar-refractivity contribution in [3.63, 3.8) is 0 Å². The Balaban J connectivity index is 1.64. The first-order valence-corrected chi connectivity index (χ1v) is 7.36. The summed E-state index contributed by atoms with van der Waals surface area (Å²) in [6.07, 6.45) is 5.72. The van der Waals surface area contributed by atoms with Crippen LogP contribution in [0.1, 0.15) is 32.6 Å². The molecular weight excluding hydrogens is 194 g/mol. The second kappa shape index (κ2) is 4.75. The van der Waals surface area contributed by atoms with E-state index >= 15 is 0 Å². The van der Waals surface area contributed by atoms with Gasteiger partial charge >= 0.3 is 0 Å². The predicted molar refractivity (Wildman–Crippen MR) is 60.8 cm³/mol. The highest BCUT2D eigenvalue weighted by atomic mass is 32.2. The zero-order chi connectivity index (χ0) is 9.97. The molecule has 4 atom stereocenters. The molecule has 4 unspecified atom stereocenters. The van der Waals surface area contributed by atoms with Crippen molar-refractivity contribution < 1.29 is 4.21 Å². The first-order valence-electron chi connectivity index (χ1n) is 5.88. The average molecular weight is 215 g/mol. The number of hydrogen-bond acceptors (Lipinski definition) is 2. The van der Waals surface area contributed by atoms with E-state index in [-0.39, 0.29) is 0 Å². The molecule has 2 rings (SSSR count). The predicted octanol–water partition coefficient (Wildman–Crippen LogP) is 1.53. The van der Waals surface area contributed by atoms with Gasteiger partial charge in [0.15, 0.2) is 0 Å². The molecule has 0 saturated heterocycles. The summed E-state index contributed by atoms with van der Waals surface area (Å²) < 4.78 is 11.2. The van der Waals surface area contributed by atoms with Gasteiger partial charge in [-0.3, -0.25) is 4.21 Å². The highest BCUT2D eigenvalue weighted by Gasteiger charge is 2.38. The highest BCUT2D eigenvalue weighted by Crippen LogP contribution is 2.44. The lowest BCUT2D eigenvalue weighted by atomic mass is 9.95. The molecule has 1 N–H and O–H groups in total. The summed E-state index contributed by atoms with van der Waals surface area (Å²) in [5.74, 6) is 3.59. The van der Waals surface area contributed by atoms with Gasteiger partial charge in [0.2, 0.25) is 0 Å². The van der Waals surface area contributed by atoms with E-state index in [1.807, 2.05) is 6.92 Å². The van der Waals surface area contributed by atoms with E-state index in [2.05, 4.69) is 5.32 Å². The maximum atomic E-state index is 11.2. The molecule has 0 spiro atoms. The molecule has 0 aliphatic heterocycles. The van der Waals surface area contributed by atoms with Crippen LogP contribution in [0.4, 0.5) is 0 Å². The molecule has 0 aromatic heterocycles. The number of hydrogen-bond donors (Lipinski definition) is 1. The summed E-state index contributed by atoms with van der Waals surface area (Å²) in [4.78, 5) is 0.